The highest BCUT2D eigenvalue weighted by atomic mass is 16.3. The first-order chi connectivity index (χ1) is 9.55. The van der Waals surface area contributed by atoms with Gasteiger partial charge >= 0.3 is 0 Å². The second kappa shape index (κ2) is 6.89. The van der Waals surface area contributed by atoms with E-state index in [0.29, 0.717) is 6.42 Å². The summed E-state index contributed by atoms with van der Waals surface area (Å²) in [6.07, 6.45) is 5.76. The fourth-order valence-corrected chi connectivity index (χ4v) is 2.78. The molecule has 1 saturated carbocycles. The molecule has 0 bridgehead atoms. The molecule has 2 rings (SSSR count). The van der Waals surface area contributed by atoms with E-state index in [4.69, 9.17) is 0 Å². The molecular weight excluding hydrogens is 250 g/mol. The lowest BCUT2D eigenvalue weighted by atomic mass is 9.83. The zero-order valence-corrected chi connectivity index (χ0v) is 12.3. The van der Waals surface area contributed by atoms with Gasteiger partial charge in [0.05, 0.1) is 5.60 Å². The molecule has 2 N–H and O–H groups in total. The predicted molar refractivity (Wildman–Crippen MR) is 80.4 cm³/mol. The number of nitrogens with one attached hydrogen (secondary N) is 1. The maximum Gasteiger partial charge on any atom is 0.220 e. The Kier molecular flexibility index (Phi) is 5.18. The lowest BCUT2D eigenvalue weighted by Crippen LogP contribution is -2.42. The summed E-state index contributed by atoms with van der Waals surface area (Å²) in [4.78, 5) is 11.9. The molecule has 110 valence electrons. The van der Waals surface area contributed by atoms with Crippen LogP contribution in [0.15, 0.2) is 30.3 Å². The molecule has 20 heavy (non-hydrogen) atoms. The van der Waals surface area contributed by atoms with E-state index in [2.05, 4.69) is 17.4 Å². The van der Waals surface area contributed by atoms with Crippen molar-refractivity contribution in [1.29, 1.82) is 0 Å². The van der Waals surface area contributed by atoms with Crippen molar-refractivity contribution < 1.29 is 9.90 Å². The number of hydrogen-bond acceptors (Lipinski definition) is 2. The molecule has 1 aliphatic rings. The average molecular weight is 275 g/mol. The van der Waals surface area contributed by atoms with Gasteiger partial charge in [-0.25, -0.2) is 0 Å². The number of amides is 1. The molecule has 3 nitrogen and oxygen atoms in total. The first-order valence-corrected chi connectivity index (χ1v) is 7.61. The maximum atomic E-state index is 11.9. The van der Waals surface area contributed by atoms with E-state index in [1.54, 1.807) is 0 Å². The second-order valence-corrected chi connectivity index (χ2v) is 6.18. The minimum atomic E-state index is -0.533. The smallest absolute Gasteiger partial charge is 0.220 e. The van der Waals surface area contributed by atoms with Crippen LogP contribution >= 0.6 is 0 Å². The van der Waals surface area contributed by atoms with Crippen LogP contribution in [0.1, 0.15) is 51.0 Å². The molecule has 1 aliphatic carbocycles. The molecule has 1 fully saturated rings. The number of carbonyl (C=O) groups excluding carboxylic acids is 1. The van der Waals surface area contributed by atoms with E-state index in [0.717, 1.165) is 38.5 Å². The molecular formula is C17H25NO2. The summed E-state index contributed by atoms with van der Waals surface area (Å²) < 4.78 is 0. The van der Waals surface area contributed by atoms with Crippen molar-refractivity contribution in [3.05, 3.63) is 35.9 Å². The fraction of sp³-hybridized carbons (Fsp3) is 0.588. The highest BCUT2D eigenvalue weighted by molar-refractivity contribution is 5.76. The molecule has 1 amide bonds. The zero-order chi connectivity index (χ0) is 14.4. The van der Waals surface area contributed by atoms with Crippen molar-refractivity contribution in [2.24, 2.45) is 0 Å². The molecule has 0 aromatic heterocycles. The van der Waals surface area contributed by atoms with Crippen LogP contribution in [0.4, 0.5) is 0 Å². The highest BCUT2D eigenvalue weighted by Crippen LogP contribution is 2.27. The molecule has 1 aromatic rings. The first-order valence-electron chi connectivity index (χ1n) is 7.61. The van der Waals surface area contributed by atoms with E-state index < -0.39 is 5.60 Å². The number of aryl methyl sites for hydroxylation is 1. The predicted octanol–water partition coefficient (Wildman–Crippen LogP) is 2.82. The molecule has 0 unspecified atom stereocenters. The molecule has 0 radical (unpaired) electrons. The third-order valence-corrected chi connectivity index (χ3v) is 4.14. The van der Waals surface area contributed by atoms with E-state index in [-0.39, 0.29) is 11.9 Å². The SMILES string of the molecule is CC1(O)CCC(NC(=O)CCCc2ccccc2)CC1. The van der Waals surface area contributed by atoms with Gasteiger partial charge in [0.2, 0.25) is 5.91 Å². The lowest BCUT2D eigenvalue weighted by molar-refractivity contribution is -0.122. The Bertz CT molecular complexity index is 418. The van der Waals surface area contributed by atoms with Gasteiger partial charge in [-0.3, -0.25) is 4.79 Å². The topological polar surface area (TPSA) is 49.3 Å². The van der Waals surface area contributed by atoms with Crippen LogP contribution in [0.3, 0.4) is 0 Å². The van der Waals surface area contributed by atoms with E-state index in [1.807, 2.05) is 25.1 Å². The number of aliphatic hydroxyl groups is 1. The Morgan fingerprint density at radius 3 is 2.60 bits per heavy atom. The molecule has 3 heteroatoms. The molecule has 1 aromatic carbocycles. The van der Waals surface area contributed by atoms with Crippen molar-refractivity contribution in [2.75, 3.05) is 0 Å². The van der Waals surface area contributed by atoms with Gasteiger partial charge in [-0.2, -0.15) is 0 Å². The van der Waals surface area contributed by atoms with Crippen LogP contribution in [0, 0.1) is 0 Å². The van der Waals surface area contributed by atoms with Crippen LogP contribution in [0.25, 0.3) is 0 Å². The largest absolute Gasteiger partial charge is 0.390 e. The van der Waals surface area contributed by atoms with Gasteiger partial charge in [0.1, 0.15) is 0 Å². The molecule has 0 aliphatic heterocycles. The van der Waals surface area contributed by atoms with Crippen molar-refractivity contribution in [3.8, 4) is 0 Å². The van der Waals surface area contributed by atoms with Gasteiger partial charge < -0.3 is 10.4 Å². The van der Waals surface area contributed by atoms with Crippen LogP contribution in [0.5, 0.6) is 0 Å². The van der Waals surface area contributed by atoms with Crippen molar-refractivity contribution >= 4 is 5.91 Å². The Morgan fingerprint density at radius 1 is 1.30 bits per heavy atom. The molecule has 0 spiro atoms. The first kappa shape index (κ1) is 15.0. The number of carbonyl (C=O) groups is 1. The summed E-state index contributed by atoms with van der Waals surface area (Å²) in [5, 5.41) is 13.0. The third-order valence-electron chi connectivity index (χ3n) is 4.14. The normalized spacial score (nSPS) is 26.2. The summed E-state index contributed by atoms with van der Waals surface area (Å²) >= 11 is 0. The Morgan fingerprint density at radius 2 is 1.95 bits per heavy atom. The molecule has 0 heterocycles. The highest BCUT2D eigenvalue weighted by Gasteiger charge is 2.29. The van der Waals surface area contributed by atoms with Crippen LogP contribution in [-0.4, -0.2) is 22.7 Å². The number of hydrogen-bond donors (Lipinski definition) is 2. The Balaban J connectivity index is 1.64. The third kappa shape index (κ3) is 4.97. The minimum Gasteiger partial charge on any atom is -0.390 e. The van der Waals surface area contributed by atoms with Crippen molar-refractivity contribution in [1.82, 2.24) is 5.32 Å². The lowest BCUT2D eigenvalue weighted by Gasteiger charge is -2.33. The number of benzene rings is 1. The van der Waals surface area contributed by atoms with Gasteiger partial charge in [-0.15, -0.1) is 0 Å². The summed E-state index contributed by atoms with van der Waals surface area (Å²) in [6, 6.07) is 10.5. The Labute approximate surface area is 121 Å². The van der Waals surface area contributed by atoms with Crippen LogP contribution in [0.2, 0.25) is 0 Å². The van der Waals surface area contributed by atoms with Gasteiger partial charge in [0.25, 0.3) is 0 Å². The van der Waals surface area contributed by atoms with Gasteiger partial charge in [-0.05, 0) is 51.0 Å². The Hall–Kier alpha value is -1.35. The van der Waals surface area contributed by atoms with E-state index in [9.17, 15) is 9.90 Å². The fourth-order valence-electron chi connectivity index (χ4n) is 2.78. The van der Waals surface area contributed by atoms with Crippen molar-refractivity contribution in [2.45, 2.75) is 63.5 Å². The van der Waals surface area contributed by atoms with Gasteiger partial charge in [0, 0.05) is 12.5 Å². The number of rotatable bonds is 5. The average Bonchev–Trinajstić information content (AvgIpc) is 2.42. The summed E-state index contributed by atoms with van der Waals surface area (Å²) in [6.45, 7) is 1.88. The van der Waals surface area contributed by atoms with Crippen LogP contribution < -0.4 is 5.32 Å². The zero-order valence-electron chi connectivity index (χ0n) is 12.3. The molecule has 0 saturated heterocycles. The quantitative estimate of drug-likeness (QED) is 0.868. The van der Waals surface area contributed by atoms with Gasteiger partial charge in [0.15, 0.2) is 0 Å². The van der Waals surface area contributed by atoms with Crippen molar-refractivity contribution in [3.63, 3.8) is 0 Å². The van der Waals surface area contributed by atoms with Gasteiger partial charge in [-0.1, -0.05) is 30.3 Å². The summed E-state index contributed by atoms with van der Waals surface area (Å²) in [7, 11) is 0. The standard InChI is InChI=1S/C17H25NO2/c1-17(20)12-10-15(11-13-17)18-16(19)9-5-8-14-6-3-2-4-7-14/h2-4,6-7,15,20H,5,8-13H2,1H3,(H,18,19). The van der Waals surface area contributed by atoms with E-state index in [1.165, 1.54) is 5.56 Å². The van der Waals surface area contributed by atoms with E-state index >= 15 is 0 Å². The minimum absolute atomic E-state index is 0.146. The summed E-state index contributed by atoms with van der Waals surface area (Å²) in [5.74, 6) is 0.146. The van der Waals surface area contributed by atoms with Crippen LogP contribution in [-0.2, 0) is 11.2 Å². The second-order valence-electron chi connectivity index (χ2n) is 6.18. The molecule has 0 atom stereocenters. The monoisotopic (exact) mass is 275 g/mol. The summed E-state index contributed by atoms with van der Waals surface area (Å²) in [5.41, 5.74) is 0.753. The maximum absolute atomic E-state index is 11.9.